The molecule has 1 aliphatic rings. The third-order valence-corrected chi connectivity index (χ3v) is 9.15. The Morgan fingerprint density at radius 3 is 2.64 bits per heavy atom. The third kappa shape index (κ3) is 5.31. The van der Waals surface area contributed by atoms with Crippen LogP contribution >= 0.6 is 35.0 Å². The second-order valence-electron chi connectivity index (χ2n) is 11.8. The predicted molar refractivity (Wildman–Crippen MR) is 173 cm³/mol. The first-order valence-corrected chi connectivity index (χ1v) is 16.1. The normalized spacial score (nSPS) is 17.4. The standard InChI is InChI=1S/C32H29Cl2FN6O2S/c1-32(2,3)43-31(42)40-14-12-19(15-18(40)11-13-36)41-29-21-16-23(34)25(20-9-5-7-17-8-6-10-22(33)24(17)20)26(35)27(21)37-30(44-4)28(29)38-39-41/h5-10,16,18-19H,11-12,14-15H2,1-4H3/t18-,19?/m1/s1. The van der Waals surface area contributed by atoms with Crippen molar-refractivity contribution in [3.05, 3.63) is 58.3 Å². The molecule has 44 heavy (non-hydrogen) atoms. The third-order valence-electron chi connectivity index (χ3n) is 7.86. The van der Waals surface area contributed by atoms with Gasteiger partial charge in [-0.25, -0.2) is 18.9 Å². The molecule has 0 radical (unpaired) electrons. The summed E-state index contributed by atoms with van der Waals surface area (Å²) >= 11 is 14.8. The highest BCUT2D eigenvalue weighted by Crippen LogP contribution is 2.43. The van der Waals surface area contributed by atoms with Gasteiger partial charge >= 0.3 is 6.09 Å². The Hall–Kier alpha value is -3.65. The second kappa shape index (κ2) is 11.7. The Morgan fingerprint density at radius 2 is 1.93 bits per heavy atom. The number of hydrogen-bond acceptors (Lipinski definition) is 7. The Bertz CT molecular complexity index is 1980. The molecule has 3 aromatic carbocycles. The fraction of sp³-hybridized carbons (Fsp3) is 0.344. The van der Waals surface area contributed by atoms with Crippen LogP contribution in [-0.4, -0.2) is 55.4 Å². The molecule has 0 spiro atoms. The van der Waals surface area contributed by atoms with E-state index in [1.807, 2.05) is 51.3 Å². The number of pyridine rings is 1. The number of carbonyl (C=O) groups is 1. The monoisotopic (exact) mass is 650 g/mol. The minimum Gasteiger partial charge on any atom is -0.444 e. The fourth-order valence-corrected chi connectivity index (χ4v) is 7.09. The second-order valence-corrected chi connectivity index (χ2v) is 13.4. The van der Waals surface area contributed by atoms with E-state index in [0.717, 1.165) is 5.39 Å². The van der Waals surface area contributed by atoms with E-state index in [2.05, 4.69) is 16.4 Å². The van der Waals surface area contributed by atoms with E-state index in [1.165, 1.54) is 11.8 Å². The first kappa shape index (κ1) is 30.4. The molecule has 1 aliphatic heterocycles. The molecule has 6 rings (SSSR count). The average Bonchev–Trinajstić information content (AvgIpc) is 3.42. The lowest BCUT2D eigenvalue weighted by molar-refractivity contribution is 0.00557. The van der Waals surface area contributed by atoms with Crippen LogP contribution in [0.3, 0.4) is 0 Å². The number of likely N-dealkylation sites (tertiary alicyclic amines) is 1. The van der Waals surface area contributed by atoms with Gasteiger partial charge in [-0.3, -0.25) is 0 Å². The molecule has 1 fully saturated rings. The number of ether oxygens (including phenoxy) is 1. The predicted octanol–water partition coefficient (Wildman–Crippen LogP) is 8.82. The molecule has 0 N–H and O–H groups in total. The first-order valence-electron chi connectivity index (χ1n) is 14.2. The van der Waals surface area contributed by atoms with Crippen LogP contribution < -0.4 is 0 Å². The van der Waals surface area contributed by atoms with Crippen molar-refractivity contribution in [2.45, 2.75) is 62.7 Å². The number of nitrogens with zero attached hydrogens (tertiary/aromatic N) is 6. The zero-order chi connectivity index (χ0) is 31.3. The maximum Gasteiger partial charge on any atom is 0.410 e. The minimum atomic E-state index is -0.660. The van der Waals surface area contributed by atoms with E-state index in [-0.39, 0.29) is 34.6 Å². The molecule has 0 aliphatic carbocycles. The largest absolute Gasteiger partial charge is 0.444 e. The van der Waals surface area contributed by atoms with Gasteiger partial charge < -0.3 is 9.64 Å². The number of halogens is 3. The lowest BCUT2D eigenvalue weighted by Gasteiger charge is -2.39. The van der Waals surface area contributed by atoms with Crippen molar-refractivity contribution in [3.63, 3.8) is 0 Å². The number of carbonyl (C=O) groups excluding carboxylic acids is 1. The van der Waals surface area contributed by atoms with Gasteiger partial charge in [-0.05, 0) is 63.0 Å². The lowest BCUT2D eigenvalue weighted by Crippen LogP contribution is -2.48. The summed E-state index contributed by atoms with van der Waals surface area (Å²) in [5.41, 5.74) is 1.42. The van der Waals surface area contributed by atoms with E-state index in [4.69, 9.17) is 32.9 Å². The quantitative estimate of drug-likeness (QED) is 0.179. The SMILES string of the molecule is CSc1nc2c(F)c(-c3cccc4cccc(Cl)c34)c(Cl)cc2c2c1nnn2C1CCN(C(=O)OC(C)(C)C)[C@H](CC#N)C1. The van der Waals surface area contributed by atoms with E-state index in [0.29, 0.717) is 56.8 Å². The van der Waals surface area contributed by atoms with Crippen LogP contribution in [0.1, 0.15) is 46.1 Å². The Kier molecular flexibility index (Phi) is 8.07. The molecule has 226 valence electrons. The van der Waals surface area contributed by atoms with Crippen molar-refractivity contribution in [2.75, 3.05) is 12.8 Å². The molecule has 2 atom stereocenters. The number of nitriles is 1. The number of thioether (sulfide) groups is 1. The topological polar surface area (TPSA) is 96.9 Å². The van der Waals surface area contributed by atoms with Gasteiger partial charge in [0, 0.05) is 27.9 Å². The molecule has 8 nitrogen and oxygen atoms in total. The zero-order valence-electron chi connectivity index (χ0n) is 24.6. The minimum absolute atomic E-state index is 0.137. The van der Waals surface area contributed by atoms with Crippen molar-refractivity contribution in [1.29, 1.82) is 5.26 Å². The van der Waals surface area contributed by atoms with Crippen LogP contribution in [0.2, 0.25) is 10.0 Å². The summed E-state index contributed by atoms with van der Waals surface area (Å²) in [4.78, 5) is 19.3. The zero-order valence-corrected chi connectivity index (χ0v) is 26.9. The van der Waals surface area contributed by atoms with Crippen molar-refractivity contribution < 1.29 is 13.9 Å². The van der Waals surface area contributed by atoms with E-state index in [9.17, 15) is 10.1 Å². The van der Waals surface area contributed by atoms with Gasteiger partial charge in [-0.2, -0.15) is 5.26 Å². The molecule has 0 saturated carbocycles. The summed E-state index contributed by atoms with van der Waals surface area (Å²) in [7, 11) is 0. The Balaban J connectivity index is 1.49. The van der Waals surface area contributed by atoms with Crippen molar-refractivity contribution in [1.82, 2.24) is 24.9 Å². The van der Waals surface area contributed by atoms with Crippen molar-refractivity contribution in [2.24, 2.45) is 0 Å². The number of hydrogen-bond donors (Lipinski definition) is 0. The summed E-state index contributed by atoms with van der Waals surface area (Å²) in [6.45, 7) is 5.80. The van der Waals surface area contributed by atoms with Gasteiger partial charge in [-0.15, -0.1) is 16.9 Å². The molecular formula is C32H29Cl2FN6O2S. The van der Waals surface area contributed by atoms with E-state index < -0.39 is 17.5 Å². The van der Waals surface area contributed by atoms with Crippen molar-refractivity contribution in [3.8, 4) is 17.2 Å². The molecule has 0 bridgehead atoms. The highest BCUT2D eigenvalue weighted by molar-refractivity contribution is 7.98. The highest BCUT2D eigenvalue weighted by Gasteiger charge is 2.36. The van der Waals surface area contributed by atoms with Crippen LogP contribution in [0, 0.1) is 17.1 Å². The molecule has 1 amide bonds. The van der Waals surface area contributed by atoms with Gasteiger partial charge in [0.25, 0.3) is 0 Å². The van der Waals surface area contributed by atoms with Crippen molar-refractivity contribution >= 4 is 73.8 Å². The molecule has 5 aromatic rings. The molecular weight excluding hydrogens is 622 g/mol. The summed E-state index contributed by atoms with van der Waals surface area (Å²) < 4.78 is 24.1. The Labute approximate surface area is 268 Å². The number of rotatable bonds is 4. The summed E-state index contributed by atoms with van der Waals surface area (Å²) in [6, 6.07) is 14.4. The first-order chi connectivity index (χ1) is 21.0. The number of benzene rings is 3. The van der Waals surface area contributed by atoms with Crippen LogP contribution in [0.25, 0.3) is 43.8 Å². The molecule has 1 saturated heterocycles. The maximum atomic E-state index is 16.7. The summed E-state index contributed by atoms with van der Waals surface area (Å²) in [5.74, 6) is -0.563. The average molecular weight is 652 g/mol. The van der Waals surface area contributed by atoms with Gasteiger partial charge in [0.1, 0.15) is 27.2 Å². The van der Waals surface area contributed by atoms with Gasteiger partial charge in [0.15, 0.2) is 5.82 Å². The van der Waals surface area contributed by atoms with Crippen LogP contribution in [0.4, 0.5) is 9.18 Å². The molecule has 1 unspecified atom stereocenters. The highest BCUT2D eigenvalue weighted by atomic mass is 35.5. The number of piperidine rings is 1. The van der Waals surface area contributed by atoms with E-state index in [1.54, 1.807) is 27.8 Å². The smallest absolute Gasteiger partial charge is 0.410 e. The lowest BCUT2D eigenvalue weighted by atomic mass is 9.95. The summed E-state index contributed by atoms with van der Waals surface area (Å²) in [5, 5.41) is 21.8. The maximum absolute atomic E-state index is 16.7. The number of aromatic nitrogens is 4. The van der Waals surface area contributed by atoms with Crippen LogP contribution in [0.15, 0.2) is 47.5 Å². The number of amides is 1. The molecule has 12 heteroatoms. The fourth-order valence-electron chi connectivity index (χ4n) is 6.00. The molecule has 3 heterocycles. The van der Waals surface area contributed by atoms with Gasteiger partial charge in [-0.1, -0.05) is 58.7 Å². The Morgan fingerprint density at radius 1 is 1.18 bits per heavy atom. The van der Waals surface area contributed by atoms with Gasteiger partial charge in [0.05, 0.1) is 29.6 Å². The van der Waals surface area contributed by atoms with E-state index >= 15 is 4.39 Å². The molecule has 2 aromatic heterocycles. The van der Waals surface area contributed by atoms with Gasteiger partial charge in [0.2, 0.25) is 0 Å². The van der Waals surface area contributed by atoms with Crippen LogP contribution in [-0.2, 0) is 4.74 Å². The summed E-state index contributed by atoms with van der Waals surface area (Å²) in [6.07, 6.45) is 2.54. The number of fused-ring (bicyclic) bond motifs is 4. The van der Waals surface area contributed by atoms with Crippen LogP contribution in [0.5, 0.6) is 0 Å².